The van der Waals surface area contributed by atoms with E-state index in [2.05, 4.69) is 25.2 Å². The van der Waals surface area contributed by atoms with E-state index in [1.807, 2.05) is 0 Å². The predicted molar refractivity (Wildman–Crippen MR) is 52.5 cm³/mol. The standard InChI is InChI=1S/C11H16O2/c1-9(7-8-11(12)13)10-5-3-2-4-6-10/h2-3,5,9H,4,6-8H2,1H3,(H,12,13). The molecule has 2 heteroatoms. The van der Waals surface area contributed by atoms with Crippen LogP contribution in [0.1, 0.15) is 32.6 Å². The quantitative estimate of drug-likeness (QED) is 0.722. The number of aliphatic carboxylic acids is 1. The zero-order chi connectivity index (χ0) is 9.68. The highest BCUT2D eigenvalue weighted by Gasteiger charge is 2.10. The van der Waals surface area contributed by atoms with Gasteiger partial charge in [-0.25, -0.2) is 0 Å². The number of hydrogen-bond acceptors (Lipinski definition) is 1. The maximum Gasteiger partial charge on any atom is 0.303 e. The number of carboxylic acids is 1. The van der Waals surface area contributed by atoms with Crippen LogP contribution in [0.2, 0.25) is 0 Å². The number of carboxylic acid groups (broad SMARTS) is 1. The van der Waals surface area contributed by atoms with Crippen molar-refractivity contribution in [3.8, 4) is 0 Å². The lowest BCUT2D eigenvalue weighted by Crippen LogP contribution is -2.04. The van der Waals surface area contributed by atoms with Crippen LogP contribution in [0.15, 0.2) is 23.8 Å². The fourth-order valence-electron chi connectivity index (χ4n) is 1.56. The molecule has 0 saturated heterocycles. The molecule has 0 aliphatic heterocycles. The van der Waals surface area contributed by atoms with Crippen molar-refractivity contribution in [3.63, 3.8) is 0 Å². The van der Waals surface area contributed by atoms with Gasteiger partial charge in [0.25, 0.3) is 0 Å². The van der Waals surface area contributed by atoms with Crippen molar-refractivity contribution in [1.29, 1.82) is 0 Å². The van der Waals surface area contributed by atoms with Gasteiger partial charge in [0.15, 0.2) is 0 Å². The molecule has 0 spiro atoms. The monoisotopic (exact) mass is 180 g/mol. The third-order valence-corrected chi connectivity index (χ3v) is 2.47. The normalized spacial score (nSPS) is 18.1. The van der Waals surface area contributed by atoms with Crippen LogP contribution in [0.25, 0.3) is 0 Å². The molecule has 1 unspecified atom stereocenters. The second kappa shape index (κ2) is 4.85. The number of hydrogen-bond donors (Lipinski definition) is 1. The van der Waals surface area contributed by atoms with Crippen molar-refractivity contribution in [1.82, 2.24) is 0 Å². The van der Waals surface area contributed by atoms with Crippen LogP contribution in [-0.2, 0) is 4.79 Å². The minimum atomic E-state index is -0.696. The van der Waals surface area contributed by atoms with Crippen molar-refractivity contribution >= 4 is 5.97 Å². The van der Waals surface area contributed by atoms with E-state index >= 15 is 0 Å². The molecule has 0 amide bonds. The first-order valence-corrected chi connectivity index (χ1v) is 4.77. The molecule has 1 aliphatic rings. The summed E-state index contributed by atoms with van der Waals surface area (Å²) in [6.07, 6.45) is 9.57. The van der Waals surface area contributed by atoms with Gasteiger partial charge >= 0.3 is 5.97 Å². The third-order valence-electron chi connectivity index (χ3n) is 2.47. The minimum absolute atomic E-state index is 0.280. The Hall–Kier alpha value is -1.05. The van der Waals surface area contributed by atoms with Gasteiger partial charge in [-0.05, 0) is 25.2 Å². The summed E-state index contributed by atoms with van der Waals surface area (Å²) in [5.41, 5.74) is 1.39. The van der Waals surface area contributed by atoms with Crippen molar-refractivity contribution < 1.29 is 9.90 Å². The lowest BCUT2D eigenvalue weighted by molar-refractivity contribution is -0.137. The molecule has 0 saturated carbocycles. The Balaban J connectivity index is 2.38. The van der Waals surface area contributed by atoms with Crippen molar-refractivity contribution in [3.05, 3.63) is 23.8 Å². The maximum atomic E-state index is 10.4. The molecule has 0 aromatic rings. The van der Waals surface area contributed by atoms with Gasteiger partial charge in [-0.15, -0.1) is 0 Å². The molecule has 0 aromatic heterocycles. The first-order chi connectivity index (χ1) is 6.20. The molecule has 13 heavy (non-hydrogen) atoms. The van der Waals surface area contributed by atoms with Crippen LogP contribution in [0, 0.1) is 5.92 Å². The Morgan fingerprint density at radius 1 is 1.69 bits per heavy atom. The summed E-state index contributed by atoms with van der Waals surface area (Å²) in [5, 5.41) is 8.53. The van der Waals surface area contributed by atoms with Crippen LogP contribution in [0.3, 0.4) is 0 Å². The molecule has 0 aromatic carbocycles. The van der Waals surface area contributed by atoms with Crippen molar-refractivity contribution in [2.45, 2.75) is 32.6 Å². The summed E-state index contributed by atoms with van der Waals surface area (Å²) in [7, 11) is 0. The van der Waals surface area contributed by atoms with E-state index in [1.165, 1.54) is 5.57 Å². The van der Waals surface area contributed by atoms with E-state index in [-0.39, 0.29) is 6.42 Å². The van der Waals surface area contributed by atoms with Gasteiger partial charge < -0.3 is 5.11 Å². The zero-order valence-electron chi connectivity index (χ0n) is 7.99. The molecule has 72 valence electrons. The molecule has 1 aliphatic carbocycles. The number of carbonyl (C=O) groups is 1. The van der Waals surface area contributed by atoms with Gasteiger partial charge in [-0.3, -0.25) is 4.79 Å². The van der Waals surface area contributed by atoms with E-state index in [9.17, 15) is 4.79 Å². The Morgan fingerprint density at radius 2 is 2.46 bits per heavy atom. The van der Waals surface area contributed by atoms with Crippen molar-refractivity contribution in [2.24, 2.45) is 5.92 Å². The molecule has 1 atom stereocenters. The largest absolute Gasteiger partial charge is 0.481 e. The third kappa shape index (κ3) is 3.45. The van der Waals surface area contributed by atoms with Crippen LogP contribution < -0.4 is 0 Å². The first kappa shape index (κ1) is 10.0. The molecule has 0 bridgehead atoms. The highest BCUT2D eigenvalue weighted by molar-refractivity contribution is 5.66. The highest BCUT2D eigenvalue weighted by Crippen LogP contribution is 2.23. The topological polar surface area (TPSA) is 37.3 Å². The van der Waals surface area contributed by atoms with Crippen LogP contribution in [0.4, 0.5) is 0 Å². The minimum Gasteiger partial charge on any atom is -0.481 e. The van der Waals surface area contributed by atoms with E-state index in [0.717, 1.165) is 19.3 Å². The molecule has 0 heterocycles. The summed E-state index contributed by atoms with van der Waals surface area (Å²) >= 11 is 0. The van der Waals surface area contributed by atoms with Crippen molar-refractivity contribution in [2.75, 3.05) is 0 Å². The van der Waals surface area contributed by atoms with Crippen LogP contribution in [-0.4, -0.2) is 11.1 Å². The summed E-state index contributed by atoms with van der Waals surface area (Å²) < 4.78 is 0. The van der Waals surface area contributed by atoms with Gasteiger partial charge in [0, 0.05) is 6.42 Å². The second-order valence-corrected chi connectivity index (χ2v) is 3.54. The van der Waals surface area contributed by atoms with Gasteiger partial charge in [0.05, 0.1) is 0 Å². The molecular weight excluding hydrogens is 164 g/mol. The van der Waals surface area contributed by atoms with Crippen LogP contribution in [0.5, 0.6) is 0 Å². The molecule has 1 N–H and O–H groups in total. The van der Waals surface area contributed by atoms with E-state index < -0.39 is 5.97 Å². The molecule has 0 fully saturated rings. The zero-order valence-corrected chi connectivity index (χ0v) is 7.99. The number of rotatable bonds is 4. The molecule has 2 nitrogen and oxygen atoms in total. The van der Waals surface area contributed by atoms with Gasteiger partial charge in [0.2, 0.25) is 0 Å². The second-order valence-electron chi connectivity index (χ2n) is 3.54. The summed E-state index contributed by atoms with van der Waals surface area (Å²) in [6, 6.07) is 0. The van der Waals surface area contributed by atoms with Gasteiger partial charge in [0.1, 0.15) is 0 Å². The number of allylic oxidation sites excluding steroid dienone is 4. The van der Waals surface area contributed by atoms with E-state index in [0.29, 0.717) is 5.92 Å². The summed E-state index contributed by atoms with van der Waals surface area (Å²) in [6.45, 7) is 2.11. The lowest BCUT2D eigenvalue weighted by Gasteiger charge is -2.16. The smallest absolute Gasteiger partial charge is 0.303 e. The predicted octanol–water partition coefficient (Wildman–Crippen LogP) is 2.76. The Kier molecular flexibility index (Phi) is 3.74. The highest BCUT2D eigenvalue weighted by atomic mass is 16.4. The maximum absolute atomic E-state index is 10.4. The van der Waals surface area contributed by atoms with Gasteiger partial charge in [-0.1, -0.05) is 30.7 Å². The average molecular weight is 180 g/mol. The lowest BCUT2D eigenvalue weighted by atomic mass is 9.90. The Morgan fingerprint density at radius 3 is 3.00 bits per heavy atom. The summed E-state index contributed by atoms with van der Waals surface area (Å²) in [5.74, 6) is -0.278. The fraction of sp³-hybridized carbons (Fsp3) is 0.545. The van der Waals surface area contributed by atoms with E-state index in [4.69, 9.17) is 5.11 Å². The average Bonchev–Trinajstić information content (AvgIpc) is 2.15. The summed E-state index contributed by atoms with van der Waals surface area (Å²) in [4.78, 5) is 10.4. The molecule has 0 radical (unpaired) electrons. The Labute approximate surface area is 79.0 Å². The van der Waals surface area contributed by atoms with Gasteiger partial charge in [-0.2, -0.15) is 0 Å². The van der Waals surface area contributed by atoms with Crippen LogP contribution >= 0.6 is 0 Å². The molecular formula is C11H16O2. The molecule has 1 rings (SSSR count). The fourth-order valence-corrected chi connectivity index (χ4v) is 1.56. The first-order valence-electron chi connectivity index (χ1n) is 4.77. The SMILES string of the molecule is CC(CCC(=O)O)C1=CC=CCC1. The Bertz CT molecular complexity index is 238. The van der Waals surface area contributed by atoms with E-state index in [1.54, 1.807) is 0 Å².